The maximum absolute atomic E-state index is 13.0. The minimum Gasteiger partial charge on any atom is -0.434 e. The number of piperazine rings is 1. The van der Waals surface area contributed by atoms with E-state index in [0.29, 0.717) is 0 Å². The van der Waals surface area contributed by atoms with Crippen LogP contribution < -0.4 is 9.46 Å². The van der Waals surface area contributed by atoms with Crippen molar-refractivity contribution in [2.45, 2.75) is 17.9 Å². The number of hydrogen-bond acceptors (Lipinski definition) is 5. The summed E-state index contributed by atoms with van der Waals surface area (Å²) in [6.45, 7) is -2.39. The molecule has 8 nitrogen and oxygen atoms in total. The second kappa shape index (κ2) is 10.7. The number of rotatable bonds is 8. The highest BCUT2D eigenvalue weighted by atomic mass is 32.2. The molecule has 0 aromatic heterocycles. The van der Waals surface area contributed by atoms with Crippen molar-refractivity contribution < 1.29 is 35.9 Å². The first-order valence-electron chi connectivity index (χ1n) is 10.0. The lowest BCUT2D eigenvalue weighted by Crippen LogP contribution is -2.51. The number of nitrogens with zero attached hydrogens (tertiary/aromatic N) is 2. The van der Waals surface area contributed by atoms with Crippen LogP contribution in [0.15, 0.2) is 53.4 Å². The monoisotopic (exact) mass is 485 g/mol. The first-order valence-corrected chi connectivity index (χ1v) is 11.5. The zero-order valence-electron chi connectivity index (χ0n) is 17.4. The molecule has 2 aromatic rings. The quantitative estimate of drug-likeness (QED) is 0.618. The molecular formula is C21H22F3N3O5S. The number of halogens is 3. The molecule has 33 heavy (non-hydrogen) atoms. The van der Waals surface area contributed by atoms with Crippen molar-refractivity contribution in [1.29, 1.82) is 0 Å². The summed E-state index contributed by atoms with van der Waals surface area (Å²) in [5.74, 6) is -1.56. The van der Waals surface area contributed by atoms with Crippen molar-refractivity contribution in [2.24, 2.45) is 0 Å². The minimum atomic E-state index is -3.87. The molecule has 1 N–H and O–H groups in total. The summed E-state index contributed by atoms with van der Waals surface area (Å²) in [5, 5.41) is 0. The molecule has 1 aliphatic heterocycles. The molecule has 1 fully saturated rings. The molecular weight excluding hydrogens is 463 g/mol. The van der Waals surface area contributed by atoms with Gasteiger partial charge in [-0.1, -0.05) is 12.1 Å². The zero-order chi connectivity index (χ0) is 24.0. The first kappa shape index (κ1) is 24.5. The number of alkyl halides is 2. The molecule has 0 bridgehead atoms. The van der Waals surface area contributed by atoms with E-state index in [0.717, 1.165) is 24.3 Å². The van der Waals surface area contributed by atoms with E-state index in [9.17, 15) is 31.2 Å². The van der Waals surface area contributed by atoms with Gasteiger partial charge in [0.1, 0.15) is 11.6 Å². The van der Waals surface area contributed by atoms with E-state index in [4.69, 9.17) is 0 Å². The third-order valence-corrected chi connectivity index (χ3v) is 6.48. The summed E-state index contributed by atoms with van der Waals surface area (Å²) in [5.41, 5.74) is 0.00720. The van der Waals surface area contributed by atoms with E-state index < -0.39 is 28.4 Å². The Morgan fingerprint density at radius 2 is 1.58 bits per heavy atom. The van der Waals surface area contributed by atoms with E-state index in [2.05, 4.69) is 9.46 Å². The minimum absolute atomic E-state index is 0.00720. The third kappa shape index (κ3) is 6.45. The smallest absolute Gasteiger partial charge is 0.387 e. The summed E-state index contributed by atoms with van der Waals surface area (Å²) in [4.78, 5) is 28.0. The van der Waals surface area contributed by atoms with Crippen LogP contribution in [0.1, 0.15) is 16.8 Å². The van der Waals surface area contributed by atoms with Gasteiger partial charge in [-0.2, -0.15) is 8.78 Å². The molecule has 1 saturated heterocycles. The highest BCUT2D eigenvalue weighted by Gasteiger charge is 2.27. The maximum atomic E-state index is 13.0. The van der Waals surface area contributed by atoms with Gasteiger partial charge in [0.2, 0.25) is 15.9 Å². The number of amides is 2. The Hall–Kier alpha value is -3.12. The molecule has 0 spiro atoms. The summed E-state index contributed by atoms with van der Waals surface area (Å²) in [6.07, 6.45) is -0.0978. The second-order valence-electron chi connectivity index (χ2n) is 7.15. The molecule has 1 aliphatic rings. The number of hydrogen-bond donors (Lipinski definition) is 1. The van der Waals surface area contributed by atoms with Gasteiger partial charge in [0.05, 0.1) is 10.5 Å². The lowest BCUT2D eigenvalue weighted by Gasteiger charge is -2.35. The van der Waals surface area contributed by atoms with Crippen molar-refractivity contribution in [3.05, 3.63) is 59.9 Å². The number of ether oxygens (including phenoxy) is 1. The zero-order valence-corrected chi connectivity index (χ0v) is 18.2. The largest absolute Gasteiger partial charge is 0.434 e. The van der Waals surface area contributed by atoms with Crippen LogP contribution in [-0.4, -0.2) is 69.4 Å². The Morgan fingerprint density at radius 1 is 0.970 bits per heavy atom. The summed E-state index contributed by atoms with van der Waals surface area (Å²) < 4.78 is 69.2. The summed E-state index contributed by atoms with van der Waals surface area (Å²) in [7, 11) is -3.87. The molecule has 0 aliphatic carbocycles. The SMILES string of the molecule is O=C(CCNS(=O)(=O)c1ccc(F)cc1)N1CCN(C(=O)c2ccccc2OC(F)F)CC1. The van der Waals surface area contributed by atoms with E-state index >= 15 is 0 Å². The topological polar surface area (TPSA) is 96.0 Å². The van der Waals surface area contributed by atoms with Crippen molar-refractivity contribution >= 4 is 21.8 Å². The fraction of sp³-hybridized carbons (Fsp3) is 0.333. The van der Waals surface area contributed by atoms with Gasteiger partial charge in [0, 0.05) is 39.1 Å². The maximum Gasteiger partial charge on any atom is 0.387 e. The number of nitrogens with one attached hydrogen (secondary N) is 1. The molecule has 0 unspecified atom stereocenters. The van der Waals surface area contributed by atoms with Crippen molar-refractivity contribution in [3.63, 3.8) is 0 Å². The van der Waals surface area contributed by atoms with Crippen LogP contribution in [0.5, 0.6) is 5.75 Å². The van der Waals surface area contributed by atoms with Crippen LogP contribution in [0, 0.1) is 5.82 Å². The van der Waals surface area contributed by atoms with Crippen LogP contribution >= 0.6 is 0 Å². The standard InChI is InChI=1S/C21H22F3N3O5S/c22-15-5-7-16(8-6-15)33(30,31)25-10-9-19(28)26-11-13-27(14-12-26)20(29)17-3-1-2-4-18(17)32-21(23)24/h1-8,21,25H,9-14H2. The second-order valence-corrected chi connectivity index (χ2v) is 8.92. The van der Waals surface area contributed by atoms with Crippen LogP contribution in [0.3, 0.4) is 0 Å². The number of para-hydroxylation sites is 1. The fourth-order valence-electron chi connectivity index (χ4n) is 3.32. The molecule has 0 saturated carbocycles. The fourth-order valence-corrected chi connectivity index (χ4v) is 4.35. The van der Waals surface area contributed by atoms with Gasteiger partial charge >= 0.3 is 6.61 Å². The van der Waals surface area contributed by atoms with Crippen LogP contribution in [0.25, 0.3) is 0 Å². The van der Waals surface area contributed by atoms with Gasteiger partial charge in [0.15, 0.2) is 0 Å². The molecule has 12 heteroatoms. The molecule has 2 aromatic carbocycles. The molecule has 0 radical (unpaired) electrons. The average Bonchev–Trinajstić information content (AvgIpc) is 2.79. The van der Waals surface area contributed by atoms with Crippen LogP contribution in [0.4, 0.5) is 13.2 Å². The van der Waals surface area contributed by atoms with Crippen molar-refractivity contribution in [2.75, 3.05) is 32.7 Å². The third-order valence-electron chi connectivity index (χ3n) is 5.01. The normalized spacial score (nSPS) is 14.4. The van der Waals surface area contributed by atoms with Crippen LogP contribution in [0.2, 0.25) is 0 Å². The molecule has 3 rings (SSSR count). The van der Waals surface area contributed by atoms with E-state index in [1.165, 1.54) is 28.0 Å². The lowest BCUT2D eigenvalue weighted by molar-refractivity contribution is -0.132. The van der Waals surface area contributed by atoms with E-state index in [1.807, 2.05) is 0 Å². The van der Waals surface area contributed by atoms with Gasteiger partial charge in [0.25, 0.3) is 5.91 Å². The predicted molar refractivity (Wildman–Crippen MR) is 112 cm³/mol. The van der Waals surface area contributed by atoms with E-state index in [-0.39, 0.29) is 61.3 Å². The van der Waals surface area contributed by atoms with Crippen molar-refractivity contribution in [3.8, 4) is 5.75 Å². The highest BCUT2D eigenvalue weighted by molar-refractivity contribution is 7.89. The predicted octanol–water partition coefficient (Wildman–Crippen LogP) is 2.08. The lowest BCUT2D eigenvalue weighted by atomic mass is 10.1. The number of benzene rings is 2. The molecule has 178 valence electrons. The van der Waals surface area contributed by atoms with Gasteiger partial charge in [-0.25, -0.2) is 17.5 Å². The first-order chi connectivity index (χ1) is 15.7. The highest BCUT2D eigenvalue weighted by Crippen LogP contribution is 2.22. The molecule has 0 atom stereocenters. The summed E-state index contributed by atoms with van der Waals surface area (Å²) >= 11 is 0. The number of carbonyl (C=O) groups excluding carboxylic acids is 2. The average molecular weight is 485 g/mol. The Morgan fingerprint density at radius 3 is 2.21 bits per heavy atom. The Labute approximate surface area is 189 Å². The summed E-state index contributed by atoms with van der Waals surface area (Å²) in [6, 6.07) is 10.0. The van der Waals surface area contributed by atoms with E-state index in [1.54, 1.807) is 6.07 Å². The Balaban J connectivity index is 1.49. The number of carbonyl (C=O) groups is 2. The Bertz CT molecular complexity index is 1090. The molecule has 1 heterocycles. The van der Waals surface area contributed by atoms with Gasteiger partial charge in [-0.3, -0.25) is 9.59 Å². The van der Waals surface area contributed by atoms with Gasteiger partial charge in [-0.15, -0.1) is 0 Å². The van der Waals surface area contributed by atoms with Gasteiger partial charge in [-0.05, 0) is 36.4 Å². The Kier molecular flexibility index (Phi) is 7.92. The van der Waals surface area contributed by atoms with Crippen molar-refractivity contribution in [1.82, 2.24) is 14.5 Å². The van der Waals surface area contributed by atoms with Gasteiger partial charge < -0.3 is 14.5 Å². The van der Waals surface area contributed by atoms with Crippen LogP contribution in [-0.2, 0) is 14.8 Å². The molecule has 2 amide bonds. The number of sulfonamides is 1.